The summed E-state index contributed by atoms with van der Waals surface area (Å²) in [4.78, 5) is 37.6. The smallest absolute Gasteiger partial charge is 0.408 e. The molecule has 0 bridgehead atoms. The topological polar surface area (TPSA) is 81.7 Å². The highest BCUT2D eigenvalue weighted by molar-refractivity contribution is 5.98. The second-order valence-electron chi connectivity index (χ2n) is 9.06. The van der Waals surface area contributed by atoms with Crippen LogP contribution in [0.5, 0.6) is 0 Å². The number of rotatable bonds is 10. The van der Waals surface area contributed by atoms with Gasteiger partial charge in [0, 0.05) is 5.56 Å². The van der Waals surface area contributed by atoms with Crippen LogP contribution < -0.4 is 5.32 Å². The lowest BCUT2D eigenvalue weighted by Gasteiger charge is -2.22. The number of alkyl carbamates (subject to hydrolysis) is 1. The fourth-order valence-electron chi connectivity index (χ4n) is 4.25. The standard InChI is InChI=1S/C28H35NO5/c1-3-20(2)26(29-28(32)34-18-21-10-6-4-7-11-21)27(31)33-19-25(30)24-16-14-23(15-17-24)22-12-8-5-9-13-22/h4,6-7,10-11,14-17,20,22,26H,3,5,8-9,12-13,18-19H2,1-2H3,(H,29,32)/t20-,26-/m0/s1. The molecule has 0 radical (unpaired) electrons. The molecule has 1 amide bonds. The van der Waals surface area contributed by atoms with Crippen molar-refractivity contribution in [3.8, 4) is 0 Å². The average molecular weight is 466 g/mol. The van der Waals surface area contributed by atoms with E-state index in [9.17, 15) is 14.4 Å². The third-order valence-corrected chi connectivity index (χ3v) is 6.61. The fourth-order valence-corrected chi connectivity index (χ4v) is 4.25. The summed E-state index contributed by atoms with van der Waals surface area (Å²) in [5.41, 5.74) is 2.63. The van der Waals surface area contributed by atoms with Crippen molar-refractivity contribution in [1.29, 1.82) is 0 Å². The fraction of sp³-hybridized carbons (Fsp3) is 0.464. The highest BCUT2D eigenvalue weighted by Gasteiger charge is 2.28. The monoisotopic (exact) mass is 465 g/mol. The van der Waals surface area contributed by atoms with Crippen LogP contribution in [0.15, 0.2) is 54.6 Å². The van der Waals surface area contributed by atoms with E-state index in [-0.39, 0.29) is 24.9 Å². The number of ketones is 1. The molecule has 1 N–H and O–H groups in total. The molecule has 6 nitrogen and oxygen atoms in total. The minimum Gasteiger partial charge on any atom is -0.456 e. The van der Waals surface area contributed by atoms with Crippen LogP contribution in [0.4, 0.5) is 4.79 Å². The summed E-state index contributed by atoms with van der Waals surface area (Å²) < 4.78 is 10.5. The molecule has 1 aliphatic carbocycles. The van der Waals surface area contributed by atoms with E-state index in [0.29, 0.717) is 17.9 Å². The SMILES string of the molecule is CC[C@H](C)[C@H](NC(=O)OCc1ccccc1)C(=O)OCC(=O)c1ccc(C2CCCCC2)cc1. The molecule has 1 saturated carbocycles. The molecular formula is C28H35NO5. The zero-order valence-electron chi connectivity index (χ0n) is 20.1. The molecule has 2 aromatic rings. The van der Waals surface area contributed by atoms with Crippen LogP contribution in [0.2, 0.25) is 0 Å². The van der Waals surface area contributed by atoms with Gasteiger partial charge >= 0.3 is 12.1 Å². The predicted octanol–water partition coefficient (Wildman–Crippen LogP) is 5.80. The van der Waals surface area contributed by atoms with E-state index in [0.717, 1.165) is 5.56 Å². The average Bonchev–Trinajstić information content (AvgIpc) is 2.89. The quantitative estimate of drug-likeness (QED) is 0.354. The van der Waals surface area contributed by atoms with Gasteiger partial charge in [-0.2, -0.15) is 0 Å². The van der Waals surface area contributed by atoms with Crippen molar-refractivity contribution in [3.63, 3.8) is 0 Å². The van der Waals surface area contributed by atoms with Crippen LogP contribution in [0.3, 0.4) is 0 Å². The van der Waals surface area contributed by atoms with E-state index >= 15 is 0 Å². The Balaban J connectivity index is 1.51. The van der Waals surface area contributed by atoms with Crippen molar-refractivity contribution in [1.82, 2.24) is 5.32 Å². The lowest BCUT2D eigenvalue weighted by molar-refractivity contribution is -0.146. The predicted molar refractivity (Wildman–Crippen MR) is 131 cm³/mol. The summed E-state index contributed by atoms with van der Waals surface area (Å²) in [6.45, 7) is 3.50. The van der Waals surface area contributed by atoms with Crippen LogP contribution in [0.1, 0.15) is 79.8 Å². The van der Waals surface area contributed by atoms with Crippen molar-refractivity contribution in [3.05, 3.63) is 71.3 Å². The maximum atomic E-state index is 12.7. The molecule has 34 heavy (non-hydrogen) atoms. The summed E-state index contributed by atoms with van der Waals surface area (Å²) in [7, 11) is 0. The van der Waals surface area contributed by atoms with Crippen LogP contribution >= 0.6 is 0 Å². The van der Waals surface area contributed by atoms with Gasteiger partial charge in [0.15, 0.2) is 12.4 Å². The number of amides is 1. The third kappa shape index (κ3) is 7.44. The highest BCUT2D eigenvalue weighted by Crippen LogP contribution is 2.32. The number of hydrogen-bond donors (Lipinski definition) is 1. The first-order valence-electron chi connectivity index (χ1n) is 12.2. The molecule has 3 rings (SSSR count). The summed E-state index contributed by atoms with van der Waals surface area (Å²) in [6, 6.07) is 16.0. The van der Waals surface area contributed by atoms with Crippen LogP contribution in [-0.4, -0.2) is 30.5 Å². The van der Waals surface area contributed by atoms with Gasteiger partial charge in [0.1, 0.15) is 12.6 Å². The molecule has 0 saturated heterocycles. The zero-order chi connectivity index (χ0) is 24.3. The Morgan fingerprint density at radius 3 is 2.26 bits per heavy atom. The van der Waals surface area contributed by atoms with E-state index in [1.165, 1.54) is 37.7 Å². The van der Waals surface area contributed by atoms with E-state index in [1.54, 1.807) is 0 Å². The number of carbonyl (C=O) groups excluding carboxylic acids is 3. The zero-order valence-corrected chi connectivity index (χ0v) is 20.1. The number of benzene rings is 2. The Labute approximate surface area is 202 Å². The van der Waals surface area contributed by atoms with Crippen molar-refractivity contribution in [2.45, 2.75) is 70.9 Å². The van der Waals surface area contributed by atoms with Gasteiger partial charge in [-0.05, 0) is 35.8 Å². The molecule has 6 heteroatoms. The van der Waals surface area contributed by atoms with Crippen molar-refractivity contribution < 1.29 is 23.9 Å². The maximum absolute atomic E-state index is 12.7. The second kappa shape index (κ2) is 12.9. The number of Topliss-reactive ketones (excluding diaryl/α,β-unsaturated/α-hetero) is 1. The van der Waals surface area contributed by atoms with Gasteiger partial charge in [-0.1, -0.05) is 94.1 Å². The largest absolute Gasteiger partial charge is 0.456 e. The van der Waals surface area contributed by atoms with Gasteiger partial charge in [-0.15, -0.1) is 0 Å². The Morgan fingerprint density at radius 2 is 1.62 bits per heavy atom. The number of nitrogens with one attached hydrogen (secondary N) is 1. The number of carbonyl (C=O) groups is 3. The number of hydrogen-bond acceptors (Lipinski definition) is 5. The van der Waals surface area contributed by atoms with Crippen molar-refractivity contribution in [2.75, 3.05) is 6.61 Å². The van der Waals surface area contributed by atoms with Crippen LogP contribution in [0.25, 0.3) is 0 Å². The molecule has 2 atom stereocenters. The third-order valence-electron chi connectivity index (χ3n) is 6.61. The summed E-state index contributed by atoms with van der Waals surface area (Å²) >= 11 is 0. The summed E-state index contributed by atoms with van der Waals surface area (Å²) in [6.07, 6.45) is 6.16. The first kappa shape index (κ1) is 25.5. The lowest BCUT2D eigenvalue weighted by Crippen LogP contribution is -2.46. The molecular weight excluding hydrogens is 430 g/mol. The van der Waals surface area contributed by atoms with E-state index in [2.05, 4.69) is 5.32 Å². The van der Waals surface area contributed by atoms with Gasteiger partial charge in [0.2, 0.25) is 0 Å². The van der Waals surface area contributed by atoms with E-state index < -0.39 is 18.1 Å². The van der Waals surface area contributed by atoms with Gasteiger partial charge in [-0.3, -0.25) is 4.79 Å². The van der Waals surface area contributed by atoms with Crippen molar-refractivity contribution >= 4 is 17.8 Å². The number of esters is 1. The first-order valence-corrected chi connectivity index (χ1v) is 12.2. The summed E-state index contributed by atoms with van der Waals surface area (Å²) in [5, 5.41) is 2.60. The lowest BCUT2D eigenvalue weighted by atomic mass is 9.84. The summed E-state index contributed by atoms with van der Waals surface area (Å²) in [5.74, 6) is -0.516. The molecule has 1 fully saturated rings. The molecule has 0 unspecified atom stereocenters. The normalized spacial score (nSPS) is 15.7. The molecule has 0 aliphatic heterocycles. The van der Waals surface area contributed by atoms with Gasteiger partial charge in [-0.25, -0.2) is 9.59 Å². The molecule has 182 valence electrons. The van der Waals surface area contributed by atoms with Gasteiger partial charge < -0.3 is 14.8 Å². The maximum Gasteiger partial charge on any atom is 0.408 e. The van der Waals surface area contributed by atoms with Crippen LogP contribution in [0, 0.1) is 5.92 Å². The van der Waals surface area contributed by atoms with E-state index in [1.807, 2.05) is 68.4 Å². The van der Waals surface area contributed by atoms with E-state index in [4.69, 9.17) is 9.47 Å². The second-order valence-corrected chi connectivity index (χ2v) is 9.06. The molecule has 2 aromatic carbocycles. The Hall–Kier alpha value is -3.15. The minimum absolute atomic E-state index is 0.101. The van der Waals surface area contributed by atoms with Gasteiger partial charge in [0.05, 0.1) is 0 Å². The van der Waals surface area contributed by atoms with Crippen molar-refractivity contribution in [2.24, 2.45) is 5.92 Å². The Morgan fingerprint density at radius 1 is 0.941 bits per heavy atom. The Bertz CT molecular complexity index is 935. The molecule has 0 heterocycles. The molecule has 0 spiro atoms. The van der Waals surface area contributed by atoms with Crippen LogP contribution in [-0.2, 0) is 20.9 Å². The first-order chi connectivity index (χ1) is 16.5. The number of ether oxygens (including phenoxy) is 2. The highest BCUT2D eigenvalue weighted by atomic mass is 16.6. The molecule has 1 aliphatic rings. The van der Waals surface area contributed by atoms with Gasteiger partial charge in [0.25, 0.3) is 0 Å². The Kier molecular flexibility index (Phi) is 9.68. The molecule has 0 aromatic heterocycles. The minimum atomic E-state index is -0.894.